The van der Waals surface area contributed by atoms with Gasteiger partial charge in [0.25, 0.3) is 5.91 Å². The summed E-state index contributed by atoms with van der Waals surface area (Å²) < 4.78 is 5.24. The smallest absolute Gasteiger partial charge is 0.255 e. The van der Waals surface area contributed by atoms with Gasteiger partial charge in [0.2, 0.25) is 0 Å². The van der Waals surface area contributed by atoms with Crippen molar-refractivity contribution in [2.45, 2.75) is 39.8 Å². The van der Waals surface area contributed by atoms with Crippen LogP contribution in [0.4, 0.5) is 0 Å². The molecule has 2 aromatic rings. The van der Waals surface area contributed by atoms with Crippen molar-refractivity contribution in [2.75, 3.05) is 0 Å². The Hall–Kier alpha value is -1.78. The Kier molecular flexibility index (Phi) is 5.50. The first-order valence-electron chi connectivity index (χ1n) is 7.62. The number of hydrogen-bond acceptors (Lipinski definition) is 3. The van der Waals surface area contributed by atoms with Crippen LogP contribution in [0.25, 0.3) is 0 Å². The van der Waals surface area contributed by atoms with E-state index >= 15 is 0 Å². The molecule has 0 radical (unpaired) electrons. The number of benzene rings is 1. The minimum atomic E-state index is -0.169. The molecular formula is C18H23ClN2O2. The quantitative estimate of drug-likeness (QED) is 0.856. The predicted octanol–water partition coefficient (Wildman–Crippen LogP) is 4.30. The van der Waals surface area contributed by atoms with Crippen molar-refractivity contribution in [1.82, 2.24) is 5.32 Å². The summed E-state index contributed by atoms with van der Waals surface area (Å²) in [4.78, 5) is 12.5. The molecule has 4 nitrogen and oxygen atoms in total. The Morgan fingerprint density at radius 2 is 1.96 bits per heavy atom. The first-order valence-corrected chi connectivity index (χ1v) is 8.00. The number of halogens is 1. The summed E-state index contributed by atoms with van der Waals surface area (Å²) in [6, 6.07) is 9.13. The molecule has 1 unspecified atom stereocenters. The first kappa shape index (κ1) is 17.6. The number of nitrogens with one attached hydrogen (secondary N) is 1. The second-order valence-corrected chi connectivity index (χ2v) is 7.28. The lowest BCUT2D eigenvalue weighted by Crippen LogP contribution is -2.31. The summed E-state index contributed by atoms with van der Waals surface area (Å²) in [5, 5.41) is 3.76. The van der Waals surface area contributed by atoms with Gasteiger partial charge in [0.15, 0.2) is 0 Å². The third-order valence-electron chi connectivity index (χ3n) is 3.51. The second-order valence-electron chi connectivity index (χ2n) is 6.85. The molecule has 1 atom stereocenters. The molecule has 1 aromatic heterocycles. The molecule has 0 aliphatic rings. The van der Waals surface area contributed by atoms with E-state index in [0.717, 1.165) is 12.0 Å². The van der Waals surface area contributed by atoms with Crippen LogP contribution in [0.5, 0.6) is 0 Å². The highest BCUT2D eigenvalue weighted by atomic mass is 35.5. The standard InChI is InChI=1S/C18H23ClN2O2/c1-18(2,3)9-16(12-4-6-14(19)7-5-12)21-17(22)13-8-15(10-20)23-11-13/h4-8,11,16H,9-10,20H2,1-3H3,(H,21,22). The molecule has 0 saturated carbocycles. The Balaban J connectivity index is 2.19. The number of rotatable bonds is 5. The van der Waals surface area contributed by atoms with E-state index in [0.29, 0.717) is 16.3 Å². The highest BCUT2D eigenvalue weighted by Gasteiger charge is 2.23. The topological polar surface area (TPSA) is 68.3 Å². The van der Waals surface area contributed by atoms with Crippen molar-refractivity contribution in [1.29, 1.82) is 0 Å². The Morgan fingerprint density at radius 1 is 1.30 bits per heavy atom. The van der Waals surface area contributed by atoms with Crippen molar-refractivity contribution in [3.05, 3.63) is 58.5 Å². The van der Waals surface area contributed by atoms with Gasteiger partial charge >= 0.3 is 0 Å². The first-order chi connectivity index (χ1) is 10.8. The van der Waals surface area contributed by atoms with Crippen molar-refractivity contribution in [3.63, 3.8) is 0 Å². The summed E-state index contributed by atoms with van der Waals surface area (Å²) in [6.07, 6.45) is 2.25. The van der Waals surface area contributed by atoms with Crippen LogP contribution in [0.15, 0.2) is 41.0 Å². The summed E-state index contributed by atoms with van der Waals surface area (Å²) in [5.74, 6) is 0.423. The fourth-order valence-corrected chi connectivity index (χ4v) is 2.53. The molecule has 0 bridgehead atoms. The molecule has 0 saturated heterocycles. The van der Waals surface area contributed by atoms with Crippen LogP contribution < -0.4 is 11.1 Å². The Labute approximate surface area is 142 Å². The van der Waals surface area contributed by atoms with Crippen molar-refractivity contribution in [2.24, 2.45) is 11.1 Å². The summed E-state index contributed by atoms with van der Waals surface area (Å²) in [5.41, 5.74) is 7.09. The van der Waals surface area contributed by atoms with Gasteiger partial charge in [-0.15, -0.1) is 0 Å². The highest BCUT2D eigenvalue weighted by Crippen LogP contribution is 2.30. The minimum Gasteiger partial charge on any atom is -0.467 e. The van der Waals surface area contributed by atoms with Gasteiger partial charge < -0.3 is 15.5 Å². The average Bonchev–Trinajstić information content (AvgIpc) is 2.95. The monoisotopic (exact) mass is 334 g/mol. The summed E-state index contributed by atoms with van der Waals surface area (Å²) >= 11 is 5.96. The number of hydrogen-bond donors (Lipinski definition) is 2. The predicted molar refractivity (Wildman–Crippen MR) is 92.3 cm³/mol. The molecule has 23 heavy (non-hydrogen) atoms. The SMILES string of the molecule is CC(C)(C)CC(NC(=O)c1coc(CN)c1)c1ccc(Cl)cc1. The molecular weight excluding hydrogens is 312 g/mol. The van der Waals surface area contributed by atoms with Crippen LogP contribution in [-0.2, 0) is 6.54 Å². The van der Waals surface area contributed by atoms with E-state index in [1.165, 1.54) is 6.26 Å². The van der Waals surface area contributed by atoms with Crippen LogP contribution in [0, 0.1) is 5.41 Å². The lowest BCUT2D eigenvalue weighted by Gasteiger charge is -2.27. The second kappa shape index (κ2) is 7.20. The van der Waals surface area contributed by atoms with Crippen LogP contribution in [0.1, 0.15) is 54.9 Å². The van der Waals surface area contributed by atoms with Crippen LogP contribution in [0.3, 0.4) is 0 Å². The van der Waals surface area contributed by atoms with Crippen molar-refractivity contribution >= 4 is 17.5 Å². The third-order valence-corrected chi connectivity index (χ3v) is 3.76. The largest absolute Gasteiger partial charge is 0.467 e. The summed E-state index contributed by atoms with van der Waals surface area (Å²) in [7, 11) is 0. The molecule has 1 aromatic carbocycles. The fraction of sp³-hybridized carbons (Fsp3) is 0.389. The molecule has 2 rings (SSSR count). The van der Waals surface area contributed by atoms with E-state index < -0.39 is 0 Å². The van der Waals surface area contributed by atoms with Gasteiger partial charge in [0, 0.05) is 5.02 Å². The molecule has 1 heterocycles. The fourth-order valence-electron chi connectivity index (χ4n) is 2.41. The zero-order valence-corrected chi connectivity index (χ0v) is 14.5. The molecule has 0 aliphatic heterocycles. The Bertz CT molecular complexity index is 656. The van der Waals surface area contributed by atoms with Gasteiger partial charge in [-0.3, -0.25) is 4.79 Å². The van der Waals surface area contributed by atoms with Crippen LogP contribution in [0.2, 0.25) is 5.02 Å². The van der Waals surface area contributed by atoms with Gasteiger partial charge in [-0.25, -0.2) is 0 Å². The van der Waals surface area contributed by atoms with E-state index in [2.05, 4.69) is 26.1 Å². The number of furan rings is 1. The molecule has 124 valence electrons. The number of amides is 1. The zero-order valence-electron chi connectivity index (χ0n) is 13.7. The number of carbonyl (C=O) groups excluding carboxylic acids is 1. The van der Waals surface area contributed by atoms with Gasteiger partial charge in [0.1, 0.15) is 12.0 Å². The van der Waals surface area contributed by atoms with E-state index in [1.54, 1.807) is 6.07 Å². The highest BCUT2D eigenvalue weighted by molar-refractivity contribution is 6.30. The maximum atomic E-state index is 12.5. The number of carbonyl (C=O) groups is 1. The minimum absolute atomic E-state index is 0.0659. The summed E-state index contributed by atoms with van der Waals surface area (Å²) in [6.45, 7) is 6.71. The van der Waals surface area contributed by atoms with Crippen molar-refractivity contribution < 1.29 is 9.21 Å². The molecule has 0 fully saturated rings. The van der Waals surface area contributed by atoms with E-state index in [4.69, 9.17) is 21.8 Å². The van der Waals surface area contributed by atoms with Gasteiger partial charge in [-0.2, -0.15) is 0 Å². The molecule has 0 spiro atoms. The maximum absolute atomic E-state index is 12.5. The molecule has 5 heteroatoms. The van der Waals surface area contributed by atoms with Crippen LogP contribution >= 0.6 is 11.6 Å². The van der Waals surface area contributed by atoms with E-state index in [9.17, 15) is 4.79 Å². The molecule has 1 amide bonds. The maximum Gasteiger partial charge on any atom is 0.255 e. The number of nitrogens with two attached hydrogens (primary N) is 1. The van der Waals surface area contributed by atoms with Gasteiger partial charge in [-0.1, -0.05) is 44.5 Å². The van der Waals surface area contributed by atoms with E-state index in [1.807, 2.05) is 24.3 Å². The van der Waals surface area contributed by atoms with Gasteiger partial charge in [-0.05, 0) is 35.6 Å². The molecule has 3 N–H and O–H groups in total. The normalized spacial score (nSPS) is 12.9. The van der Waals surface area contributed by atoms with E-state index in [-0.39, 0.29) is 23.9 Å². The zero-order chi connectivity index (χ0) is 17.0. The van der Waals surface area contributed by atoms with Crippen LogP contribution in [-0.4, -0.2) is 5.91 Å². The Morgan fingerprint density at radius 3 is 2.48 bits per heavy atom. The van der Waals surface area contributed by atoms with Crippen molar-refractivity contribution in [3.8, 4) is 0 Å². The average molecular weight is 335 g/mol. The lowest BCUT2D eigenvalue weighted by molar-refractivity contribution is 0.0925. The lowest BCUT2D eigenvalue weighted by atomic mass is 9.85. The van der Waals surface area contributed by atoms with Gasteiger partial charge in [0.05, 0.1) is 18.2 Å². The third kappa shape index (κ3) is 5.12. The molecule has 0 aliphatic carbocycles.